The fourth-order valence-corrected chi connectivity index (χ4v) is 2.47. The number of carbonyl (C=O) groups is 2. The van der Waals surface area contributed by atoms with Gasteiger partial charge in [-0.2, -0.15) is 0 Å². The summed E-state index contributed by atoms with van der Waals surface area (Å²) in [5.41, 5.74) is 0. The van der Waals surface area contributed by atoms with Crippen molar-refractivity contribution in [3.05, 3.63) is 0 Å². The van der Waals surface area contributed by atoms with Crippen LogP contribution in [-0.2, 0) is 14.3 Å². The molecule has 0 amide bonds. The second kappa shape index (κ2) is 18.6. The van der Waals surface area contributed by atoms with Crippen molar-refractivity contribution in [1.29, 1.82) is 0 Å². The SMILES string of the molecule is CCCCCCCCCCCC(=O)OC(=O)[C@H](O)[C@@H](O)[C@H](O)[C@H](O)CO.[H-].[K+]. The van der Waals surface area contributed by atoms with E-state index in [-0.39, 0.29) is 59.2 Å². The number of aliphatic hydroxyl groups excluding tert-OH is 5. The quantitative estimate of drug-likeness (QED) is 0.0852. The fraction of sp³-hybridized carbons (Fsp3) is 0.889. The predicted molar refractivity (Wildman–Crippen MR) is 95.2 cm³/mol. The average molecular weight is 419 g/mol. The van der Waals surface area contributed by atoms with Gasteiger partial charge in [0.15, 0.2) is 6.10 Å². The standard InChI is InChI=1S/C18H34O8.K.H/c1-2-3-4-5-6-7-8-9-10-11-14(21)26-18(25)17(24)16(23)15(22)13(20)12-19;;/h13,15-17,19-20,22-24H,2-12H2,1H3;;/q;+1;-1/t13-,15-,16+,17-;;/m1../s1. The Morgan fingerprint density at radius 3 is 1.81 bits per heavy atom. The third-order valence-corrected chi connectivity index (χ3v) is 4.20. The van der Waals surface area contributed by atoms with Gasteiger partial charge in [0.05, 0.1) is 6.61 Å². The van der Waals surface area contributed by atoms with Crippen molar-refractivity contribution in [2.45, 2.75) is 95.5 Å². The summed E-state index contributed by atoms with van der Waals surface area (Å²) >= 11 is 0. The van der Waals surface area contributed by atoms with Crippen LogP contribution in [0.5, 0.6) is 0 Å². The van der Waals surface area contributed by atoms with E-state index >= 15 is 0 Å². The Balaban J connectivity index is -0.00000312. The predicted octanol–water partition coefficient (Wildman–Crippen LogP) is -2.47. The summed E-state index contributed by atoms with van der Waals surface area (Å²) in [7, 11) is 0. The molecule has 0 aliphatic rings. The zero-order valence-electron chi connectivity index (χ0n) is 17.5. The molecular weight excluding hydrogens is 383 g/mol. The van der Waals surface area contributed by atoms with E-state index in [1.807, 2.05) is 0 Å². The first-order chi connectivity index (χ1) is 12.3. The maximum Gasteiger partial charge on any atom is 1.00 e. The molecular formula is C18H35KO8. The summed E-state index contributed by atoms with van der Waals surface area (Å²) in [5, 5.41) is 46.3. The van der Waals surface area contributed by atoms with Crippen LogP contribution in [0.2, 0.25) is 0 Å². The van der Waals surface area contributed by atoms with E-state index in [4.69, 9.17) is 10.2 Å². The molecule has 0 saturated heterocycles. The Bertz CT molecular complexity index is 400. The fourth-order valence-electron chi connectivity index (χ4n) is 2.47. The second-order valence-electron chi connectivity index (χ2n) is 6.55. The largest absolute Gasteiger partial charge is 1.00 e. The molecule has 4 atom stereocenters. The molecule has 156 valence electrons. The molecule has 0 fully saturated rings. The van der Waals surface area contributed by atoms with Crippen LogP contribution < -0.4 is 51.4 Å². The first-order valence-corrected chi connectivity index (χ1v) is 9.42. The molecule has 5 N–H and O–H groups in total. The van der Waals surface area contributed by atoms with E-state index in [1.165, 1.54) is 32.1 Å². The third-order valence-electron chi connectivity index (χ3n) is 4.20. The van der Waals surface area contributed by atoms with Crippen LogP contribution in [0.25, 0.3) is 0 Å². The van der Waals surface area contributed by atoms with Gasteiger partial charge in [-0.1, -0.05) is 58.3 Å². The van der Waals surface area contributed by atoms with Gasteiger partial charge in [0.2, 0.25) is 0 Å². The minimum Gasteiger partial charge on any atom is -1.00 e. The number of rotatable bonds is 15. The van der Waals surface area contributed by atoms with E-state index in [1.54, 1.807) is 0 Å². The van der Waals surface area contributed by atoms with Gasteiger partial charge in [-0.15, -0.1) is 0 Å². The van der Waals surface area contributed by atoms with Crippen LogP contribution >= 0.6 is 0 Å². The molecule has 0 unspecified atom stereocenters. The molecule has 0 rings (SSSR count). The molecule has 0 aromatic heterocycles. The first-order valence-electron chi connectivity index (χ1n) is 9.42. The molecule has 8 nitrogen and oxygen atoms in total. The van der Waals surface area contributed by atoms with Gasteiger partial charge in [0, 0.05) is 6.42 Å². The van der Waals surface area contributed by atoms with Crippen molar-refractivity contribution in [1.82, 2.24) is 0 Å². The smallest absolute Gasteiger partial charge is 1.00 e. The summed E-state index contributed by atoms with van der Waals surface area (Å²) in [6.45, 7) is 1.31. The maximum absolute atomic E-state index is 11.6. The van der Waals surface area contributed by atoms with Gasteiger partial charge < -0.3 is 31.7 Å². The molecule has 0 aromatic carbocycles. The van der Waals surface area contributed by atoms with Crippen molar-refractivity contribution >= 4 is 11.9 Å². The van der Waals surface area contributed by atoms with Crippen molar-refractivity contribution < 1.29 is 92.7 Å². The Labute approximate surface area is 205 Å². The number of hydrogen-bond donors (Lipinski definition) is 5. The normalized spacial score (nSPS) is 15.3. The minimum absolute atomic E-state index is 0. The van der Waals surface area contributed by atoms with Crippen LogP contribution in [0.15, 0.2) is 0 Å². The van der Waals surface area contributed by atoms with E-state index in [0.29, 0.717) is 6.42 Å². The summed E-state index contributed by atoms with van der Waals surface area (Å²) in [5.74, 6) is -2.22. The van der Waals surface area contributed by atoms with Gasteiger partial charge >= 0.3 is 63.3 Å². The molecule has 0 aromatic rings. The van der Waals surface area contributed by atoms with Crippen molar-refractivity contribution in [2.24, 2.45) is 0 Å². The summed E-state index contributed by atoms with van der Waals surface area (Å²) in [4.78, 5) is 23.1. The molecule has 27 heavy (non-hydrogen) atoms. The molecule has 9 heteroatoms. The van der Waals surface area contributed by atoms with Gasteiger partial charge in [-0.3, -0.25) is 4.79 Å². The van der Waals surface area contributed by atoms with Crippen LogP contribution in [0, 0.1) is 0 Å². The minimum atomic E-state index is -2.20. The molecule has 0 saturated carbocycles. The van der Waals surface area contributed by atoms with Crippen LogP contribution in [0.1, 0.15) is 72.6 Å². The van der Waals surface area contributed by atoms with E-state index in [2.05, 4.69) is 11.7 Å². The maximum atomic E-state index is 11.6. The average Bonchev–Trinajstić information content (AvgIpc) is 2.63. The van der Waals surface area contributed by atoms with Crippen molar-refractivity contribution in [3.8, 4) is 0 Å². The second-order valence-corrected chi connectivity index (χ2v) is 6.55. The van der Waals surface area contributed by atoms with Gasteiger partial charge in [0.1, 0.15) is 18.3 Å². The molecule has 0 aliphatic carbocycles. The van der Waals surface area contributed by atoms with E-state index < -0.39 is 43.0 Å². The van der Waals surface area contributed by atoms with E-state index in [0.717, 1.165) is 19.3 Å². The van der Waals surface area contributed by atoms with Gasteiger partial charge in [0.25, 0.3) is 0 Å². The summed E-state index contributed by atoms with van der Waals surface area (Å²) in [6.07, 6.45) is 1.70. The number of ether oxygens (including phenoxy) is 1. The number of unbranched alkanes of at least 4 members (excludes halogenated alkanes) is 8. The number of esters is 2. The zero-order valence-corrected chi connectivity index (χ0v) is 19.7. The van der Waals surface area contributed by atoms with Crippen LogP contribution in [-0.4, -0.2) is 68.5 Å². The topological polar surface area (TPSA) is 145 Å². The van der Waals surface area contributed by atoms with Gasteiger partial charge in [-0.05, 0) is 6.42 Å². The monoisotopic (exact) mass is 418 g/mol. The molecule has 0 heterocycles. The summed E-state index contributed by atoms with van der Waals surface area (Å²) in [6, 6.07) is 0. The number of hydrogen-bond acceptors (Lipinski definition) is 8. The Morgan fingerprint density at radius 2 is 1.33 bits per heavy atom. The molecule has 0 aliphatic heterocycles. The van der Waals surface area contributed by atoms with E-state index in [9.17, 15) is 24.9 Å². The molecule has 0 bridgehead atoms. The zero-order chi connectivity index (χ0) is 19.9. The Hall–Kier alpha value is 0.576. The number of carbonyl (C=O) groups excluding carboxylic acids is 2. The Morgan fingerprint density at radius 1 is 0.852 bits per heavy atom. The van der Waals surface area contributed by atoms with Crippen molar-refractivity contribution in [2.75, 3.05) is 6.61 Å². The van der Waals surface area contributed by atoms with Crippen LogP contribution in [0.4, 0.5) is 0 Å². The van der Waals surface area contributed by atoms with Crippen molar-refractivity contribution in [3.63, 3.8) is 0 Å². The Kier molecular flexibility index (Phi) is 20.5. The molecule has 0 spiro atoms. The summed E-state index contributed by atoms with van der Waals surface area (Å²) < 4.78 is 4.43. The molecule has 0 radical (unpaired) electrons. The van der Waals surface area contributed by atoms with Gasteiger partial charge in [-0.25, -0.2) is 4.79 Å². The first kappa shape index (κ1) is 29.8. The number of aliphatic hydroxyl groups is 5. The van der Waals surface area contributed by atoms with Crippen LogP contribution in [0.3, 0.4) is 0 Å². The third kappa shape index (κ3) is 14.2.